The van der Waals surface area contributed by atoms with Crippen LogP contribution in [0.2, 0.25) is 0 Å². The molecule has 2 atom stereocenters. The van der Waals surface area contributed by atoms with Gasteiger partial charge in [0, 0.05) is 28.7 Å². The number of rotatable bonds is 6. The molecule has 1 heterocycles. The number of carbonyl (C=O) groups excluding carboxylic acids is 1. The lowest BCUT2D eigenvalue weighted by atomic mass is 10.0. The third kappa shape index (κ3) is 3.17. The number of hydrogen-bond acceptors (Lipinski definition) is 2. The molecular weight excluding hydrogens is 348 g/mol. The first-order chi connectivity index (χ1) is 13.4. The van der Waals surface area contributed by atoms with Gasteiger partial charge in [0.25, 0.3) is 5.91 Å². The highest BCUT2D eigenvalue weighted by molar-refractivity contribution is 5.94. The minimum absolute atomic E-state index is 0.0269. The lowest BCUT2D eigenvalue weighted by Gasteiger charge is -2.07. The van der Waals surface area contributed by atoms with E-state index in [-0.39, 0.29) is 11.3 Å². The third-order valence-corrected chi connectivity index (χ3v) is 6.40. The fourth-order valence-corrected chi connectivity index (χ4v) is 4.74. The van der Waals surface area contributed by atoms with Gasteiger partial charge in [-0.25, -0.2) is 0 Å². The van der Waals surface area contributed by atoms with Gasteiger partial charge in [-0.3, -0.25) is 4.79 Å². The van der Waals surface area contributed by atoms with Crippen molar-refractivity contribution in [2.24, 2.45) is 11.3 Å². The smallest absolute Gasteiger partial charge is 0.251 e. The van der Waals surface area contributed by atoms with Crippen LogP contribution in [-0.4, -0.2) is 24.5 Å². The zero-order chi connectivity index (χ0) is 19.9. The normalized spacial score (nSPS) is 20.1. The van der Waals surface area contributed by atoms with E-state index in [0.29, 0.717) is 23.9 Å². The van der Waals surface area contributed by atoms with Crippen molar-refractivity contribution in [2.45, 2.75) is 33.1 Å². The number of aryl methyl sites for hydroxylation is 1. The molecular formula is C24H28N2O2. The summed E-state index contributed by atoms with van der Waals surface area (Å²) in [6.45, 7) is 7.55. The molecule has 4 heteroatoms. The molecule has 0 unspecified atom stereocenters. The monoisotopic (exact) mass is 376 g/mol. The molecule has 1 aliphatic carbocycles. The molecule has 28 heavy (non-hydrogen) atoms. The van der Waals surface area contributed by atoms with Gasteiger partial charge in [0.15, 0.2) is 0 Å². The Morgan fingerprint density at radius 1 is 1.14 bits per heavy atom. The maximum atomic E-state index is 12.4. The third-order valence-electron chi connectivity index (χ3n) is 6.40. The maximum Gasteiger partial charge on any atom is 0.251 e. The molecule has 4 rings (SSSR count). The summed E-state index contributed by atoms with van der Waals surface area (Å²) in [6, 6.07) is 15.8. The number of amides is 1. The maximum absolute atomic E-state index is 12.4. The van der Waals surface area contributed by atoms with Gasteiger partial charge >= 0.3 is 0 Å². The first-order valence-electron chi connectivity index (χ1n) is 9.93. The van der Waals surface area contributed by atoms with E-state index >= 15 is 0 Å². The zero-order valence-electron chi connectivity index (χ0n) is 17.0. The second kappa shape index (κ2) is 7.01. The molecule has 1 aromatic heterocycles. The molecule has 0 saturated heterocycles. The average Bonchev–Trinajstić information content (AvgIpc) is 3.05. The number of benzene rings is 2. The van der Waals surface area contributed by atoms with Crippen molar-refractivity contribution < 1.29 is 9.53 Å². The van der Waals surface area contributed by atoms with E-state index in [1.807, 2.05) is 12.1 Å². The number of ether oxygens (including phenoxy) is 1. The van der Waals surface area contributed by atoms with Gasteiger partial charge in [-0.1, -0.05) is 32.0 Å². The molecule has 146 valence electrons. The molecule has 1 amide bonds. The zero-order valence-corrected chi connectivity index (χ0v) is 17.0. The quantitative estimate of drug-likeness (QED) is 0.633. The molecule has 0 bridgehead atoms. The van der Waals surface area contributed by atoms with E-state index in [2.05, 4.69) is 55.3 Å². The van der Waals surface area contributed by atoms with Crippen molar-refractivity contribution in [1.29, 1.82) is 0 Å². The minimum atomic E-state index is -0.0269. The van der Waals surface area contributed by atoms with E-state index in [4.69, 9.17) is 4.74 Å². The summed E-state index contributed by atoms with van der Waals surface area (Å²) in [6.07, 6.45) is 0.985. The standard InChI is InChI=1S/C24H28N2O2/c1-15-21(18-7-5-6-8-20(18)26-15)22-19(24(22,2)3)13-14-25-23(27)16-9-11-17(28-4)12-10-16/h5-12,19,22,26H,13-14H2,1-4H3,(H,25,27)/t19-,22-/m1/s1. The highest BCUT2D eigenvalue weighted by Crippen LogP contribution is 2.67. The van der Waals surface area contributed by atoms with E-state index < -0.39 is 0 Å². The Hall–Kier alpha value is -2.75. The Morgan fingerprint density at radius 3 is 2.57 bits per heavy atom. The lowest BCUT2D eigenvalue weighted by Crippen LogP contribution is -2.25. The predicted molar refractivity (Wildman–Crippen MR) is 113 cm³/mol. The molecule has 2 N–H and O–H groups in total. The highest BCUT2D eigenvalue weighted by atomic mass is 16.5. The van der Waals surface area contributed by atoms with Gasteiger partial charge in [-0.2, -0.15) is 0 Å². The fourth-order valence-electron chi connectivity index (χ4n) is 4.74. The topological polar surface area (TPSA) is 54.1 Å². The van der Waals surface area contributed by atoms with Crippen molar-refractivity contribution in [2.75, 3.05) is 13.7 Å². The number of nitrogens with one attached hydrogen (secondary N) is 2. The van der Waals surface area contributed by atoms with Crippen molar-refractivity contribution in [3.63, 3.8) is 0 Å². The van der Waals surface area contributed by atoms with Crippen LogP contribution in [0.25, 0.3) is 10.9 Å². The summed E-state index contributed by atoms with van der Waals surface area (Å²) in [5, 5.41) is 4.41. The van der Waals surface area contributed by atoms with Crippen LogP contribution in [0.1, 0.15) is 47.8 Å². The second-order valence-electron chi connectivity index (χ2n) is 8.39. The Kier molecular flexibility index (Phi) is 4.66. The van der Waals surface area contributed by atoms with Crippen LogP contribution in [0, 0.1) is 18.3 Å². The number of carbonyl (C=O) groups is 1. The molecule has 3 aromatic rings. The Bertz CT molecular complexity index is 1000. The van der Waals surface area contributed by atoms with Crippen LogP contribution < -0.4 is 10.1 Å². The first-order valence-corrected chi connectivity index (χ1v) is 9.93. The van der Waals surface area contributed by atoms with E-state index in [1.165, 1.54) is 22.2 Å². The second-order valence-corrected chi connectivity index (χ2v) is 8.39. The lowest BCUT2D eigenvalue weighted by molar-refractivity contribution is 0.0952. The van der Waals surface area contributed by atoms with Gasteiger partial charge in [0.2, 0.25) is 0 Å². The van der Waals surface area contributed by atoms with Crippen LogP contribution in [0.4, 0.5) is 0 Å². The number of hydrogen-bond donors (Lipinski definition) is 2. The summed E-state index contributed by atoms with van der Waals surface area (Å²) in [7, 11) is 1.62. The van der Waals surface area contributed by atoms with Crippen LogP contribution in [0.3, 0.4) is 0 Å². The van der Waals surface area contributed by atoms with Crippen LogP contribution in [-0.2, 0) is 0 Å². The van der Waals surface area contributed by atoms with Crippen molar-refractivity contribution in [3.05, 3.63) is 65.4 Å². The summed E-state index contributed by atoms with van der Waals surface area (Å²) in [5.74, 6) is 1.83. The van der Waals surface area contributed by atoms with Gasteiger partial charge in [-0.15, -0.1) is 0 Å². The molecule has 0 radical (unpaired) electrons. The highest BCUT2D eigenvalue weighted by Gasteiger charge is 2.58. The number of para-hydroxylation sites is 1. The van der Waals surface area contributed by atoms with Gasteiger partial charge in [-0.05, 0) is 66.5 Å². The molecule has 2 aromatic carbocycles. The van der Waals surface area contributed by atoms with Crippen molar-refractivity contribution in [3.8, 4) is 5.75 Å². The average molecular weight is 377 g/mol. The molecule has 4 nitrogen and oxygen atoms in total. The number of H-pyrrole nitrogens is 1. The molecule has 1 saturated carbocycles. The van der Waals surface area contributed by atoms with Crippen molar-refractivity contribution in [1.82, 2.24) is 10.3 Å². The van der Waals surface area contributed by atoms with E-state index in [9.17, 15) is 4.79 Å². The van der Waals surface area contributed by atoms with Crippen molar-refractivity contribution >= 4 is 16.8 Å². The van der Waals surface area contributed by atoms with Gasteiger partial charge < -0.3 is 15.0 Å². The van der Waals surface area contributed by atoms with Gasteiger partial charge in [0.1, 0.15) is 5.75 Å². The van der Waals surface area contributed by atoms with Crippen LogP contribution in [0.5, 0.6) is 5.75 Å². The minimum Gasteiger partial charge on any atom is -0.497 e. The summed E-state index contributed by atoms with van der Waals surface area (Å²) in [4.78, 5) is 15.9. The summed E-state index contributed by atoms with van der Waals surface area (Å²) >= 11 is 0. The Morgan fingerprint density at radius 2 is 1.86 bits per heavy atom. The van der Waals surface area contributed by atoms with E-state index in [0.717, 1.165) is 12.2 Å². The number of fused-ring (bicyclic) bond motifs is 1. The van der Waals surface area contributed by atoms with Gasteiger partial charge in [0.05, 0.1) is 7.11 Å². The van der Waals surface area contributed by atoms with E-state index in [1.54, 1.807) is 19.2 Å². The summed E-state index contributed by atoms with van der Waals surface area (Å²) < 4.78 is 5.15. The Balaban J connectivity index is 1.41. The first kappa shape index (κ1) is 18.6. The van der Waals surface area contributed by atoms with Crippen LogP contribution >= 0.6 is 0 Å². The fraction of sp³-hybridized carbons (Fsp3) is 0.375. The summed E-state index contributed by atoms with van der Waals surface area (Å²) in [5.41, 5.74) is 4.85. The SMILES string of the molecule is COc1ccc(C(=O)NCC[C@@H]2[C@H](c3c(C)[nH]c4ccccc34)C2(C)C)cc1. The molecule has 0 spiro atoms. The number of aromatic nitrogens is 1. The van der Waals surface area contributed by atoms with Crippen LogP contribution in [0.15, 0.2) is 48.5 Å². The number of methoxy groups -OCH3 is 1. The largest absolute Gasteiger partial charge is 0.497 e. The molecule has 0 aliphatic heterocycles. The Labute approximate surface area is 166 Å². The number of aromatic amines is 1. The predicted octanol–water partition coefficient (Wildman–Crippen LogP) is 5.04. The molecule has 1 fully saturated rings. The molecule has 1 aliphatic rings.